The monoisotopic (exact) mass is 391 g/mol. The van der Waals surface area contributed by atoms with Crippen LogP contribution >= 0.6 is 12.2 Å². The van der Waals surface area contributed by atoms with Crippen molar-refractivity contribution in [3.63, 3.8) is 0 Å². The van der Waals surface area contributed by atoms with Crippen LogP contribution in [0.2, 0.25) is 0 Å². The third kappa shape index (κ3) is 4.90. The van der Waals surface area contributed by atoms with E-state index in [2.05, 4.69) is 50.2 Å². The Kier molecular flexibility index (Phi) is 6.32. The van der Waals surface area contributed by atoms with Gasteiger partial charge in [0.05, 0.1) is 0 Å². The van der Waals surface area contributed by atoms with Crippen LogP contribution in [0.5, 0.6) is 11.5 Å². The van der Waals surface area contributed by atoms with Gasteiger partial charge in [0.2, 0.25) is 0 Å². The molecule has 0 aliphatic heterocycles. The van der Waals surface area contributed by atoms with Crippen LogP contribution in [0.3, 0.4) is 0 Å². The molecular weight excluding hydrogens is 366 g/mol. The lowest BCUT2D eigenvalue weighted by molar-refractivity contribution is 0.217. The minimum atomic E-state index is -0.0580. The maximum atomic E-state index is 5.80. The highest BCUT2D eigenvalue weighted by molar-refractivity contribution is 7.80. The van der Waals surface area contributed by atoms with E-state index < -0.39 is 0 Å². The number of rotatable bonds is 8. The molecule has 0 atom stereocenters. The average Bonchev–Trinajstić information content (AvgIpc) is 2.72. The van der Waals surface area contributed by atoms with Crippen molar-refractivity contribution in [2.45, 2.75) is 19.3 Å². The van der Waals surface area contributed by atoms with Crippen molar-refractivity contribution in [2.75, 3.05) is 13.2 Å². The van der Waals surface area contributed by atoms with Crippen LogP contribution in [0.15, 0.2) is 78.9 Å². The summed E-state index contributed by atoms with van der Waals surface area (Å²) in [6.45, 7) is 5.36. The lowest BCUT2D eigenvalue weighted by Crippen LogP contribution is -2.18. The zero-order valence-electron chi connectivity index (χ0n) is 16.2. The first-order chi connectivity index (χ1) is 13.5. The van der Waals surface area contributed by atoms with Crippen LogP contribution in [0.4, 0.5) is 0 Å². The fourth-order valence-electron chi connectivity index (χ4n) is 3.05. The third-order valence-electron chi connectivity index (χ3n) is 4.81. The lowest BCUT2D eigenvalue weighted by atomic mass is 9.78. The van der Waals surface area contributed by atoms with Crippen molar-refractivity contribution in [1.29, 1.82) is 0 Å². The van der Waals surface area contributed by atoms with Gasteiger partial charge in [0, 0.05) is 11.0 Å². The summed E-state index contributed by atoms with van der Waals surface area (Å²) < 4.78 is 11.5. The highest BCUT2D eigenvalue weighted by Crippen LogP contribution is 2.32. The van der Waals surface area contributed by atoms with E-state index in [1.165, 1.54) is 11.1 Å². The molecule has 0 saturated heterocycles. The Hall–Kier alpha value is -2.85. The van der Waals surface area contributed by atoms with E-state index in [9.17, 15) is 0 Å². The third-order valence-corrected chi connectivity index (χ3v) is 5.05. The molecule has 0 aromatic heterocycles. The van der Waals surface area contributed by atoms with Crippen molar-refractivity contribution >= 4 is 17.2 Å². The van der Waals surface area contributed by atoms with Crippen molar-refractivity contribution < 1.29 is 9.47 Å². The Bertz CT molecular complexity index is 921. The molecule has 0 unspecified atom stereocenters. The number of thiocarbonyl (C=S) groups is 1. The second-order valence-corrected chi connectivity index (χ2v) is 7.54. The van der Waals surface area contributed by atoms with Gasteiger partial charge in [-0.05, 0) is 35.4 Å². The molecule has 28 heavy (non-hydrogen) atoms. The second-order valence-electron chi connectivity index (χ2n) is 7.10. The van der Waals surface area contributed by atoms with Gasteiger partial charge in [-0.3, -0.25) is 0 Å². The summed E-state index contributed by atoms with van der Waals surface area (Å²) in [7, 11) is 0. The number of nitrogens with two attached hydrogens (primary N) is 1. The number of benzene rings is 3. The van der Waals surface area contributed by atoms with E-state index in [0.717, 1.165) is 17.1 Å². The lowest BCUT2D eigenvalue weighted by Gasteiger charge is -2.26. The molecule has 3 aromatic rings. The molecule has 0 bridgehead atoms. The minimum Gasteiger partial charge on any atom is -0.490 e. The molecule has 0 aliphatic rings. The van der Waals surface area contributed by atoms with Crippen molar-refractivity contribution in [2.24, 2.45) is 5.73 Å². The van der Waals surface area contributed by atoms with Gasteiger partial charge in [-0.15, -0.1) is 0 Å². The molecule has 0 radical (unpaired) electrons. The van der Waals surface area contributed by atoms with Crippen LogP contribution in [0.25, 0.3) is 0 Å². The average molecular weight is 392 g/mol. The van der Waals surface area contributed by atoms with Crippen LogP contribution < -0.4 is 15.2 Å². The van der Waals surface area contributed by atoms with Gasteiger partial charge >= 0.3 is 0 Å². The highest BCUT2D eigenvalue weighted by atomic mass is 32.1. The van der Waals surface area contributed by atoms with Crippen LogP contribution in [0, 0.1) is 0 Å². The van der Waals surface area contributed by atoms with Gasteiger partial charge in [-0.25, -0.2) is 0 Å². The first-order valence-electron chi connectivity index (χ1n) is 9.28. The Morgan fingerprint density at radius 1 is 0.786 bits per heavy atom. The first kappa shape index (κ1) is 19.9. The second kappa shape index (κ2) is 8.89. The van der Waals surface area contributed by atoms with Gasteiger partial charge in [0.25, 0.3) is 0 Å². The summed E-state index contributed by atoms with van der Waals surface area (Å²) in [5.74, 6) is 1.56. The zero-order valence-corrected chi connectivity index (χ0v) is 17.0. The molecular formula is C24H25NO2S. The molecule has 2 N–H and O–H groups in total. The van der Waals surface area contributed by atoms with Gasteiger partial charge in [-0.2, -0.15) is 0 Å². The summed E-state index contributed by atoms with van der Waals surface area (Å²) in [5.41, 5.74) is 8.92. The van der Waals surface area contributed by atoms with Gasteiger partial charge in [0.15, 0.2) is 0 Å². The van der Waals surface area contributed by atoms with E-state index in [1.54, 1.807) is 0 Å². The molecule has 3 rings (SSSR count). The number of hydrogen-bond acceptors (Lipinski definition) is 3. The SMILES string of the molecule is CC(C)(c1ccccc1)c1ccc(OCCOc2cccc(C(N)=S)c2)cc1. The summed E-state index contributed by atoms with van der Waals surface area (Å²) in [5, 5.41) is 0. The van der Waals surface area contributed by atoms with Gasteiger partial charge in [-0.1, -0.05) is 80.7 Å². The molecule has 0 fully saturated rings. The smallest absolute Gasteiger partial charge is 0.122 e. The van der Waals surface area contributed by atoms with E-state index in [0.29, 0.717) is 18.2 Å². The van der Waals surface area contributed by atoms with E-state index in [1.807, 2.05) is 42.5 Å². The van der Waals surface area contributed by atoms with E-state index in [4.69, 9.17) is 27.4 Å². The van der Waals surface area contributed by atoms with E-state index >= 15 is 0 Å². The highest BCUT2D eigenvalue weighted by Gasteiger charge is 2.22. The normalized spacial score (nSPS) is 11.1. The van der Waals surface area contributed by atoms with E-state index in [-0.39, 0.29) is 5.41 Å². The molecule has 0 aliphatic carbocycles. The topological polar surface area (TPSA) is 44.5 Å². The first-order valence-corrected chi connectivity index (χ1v) is 9.69. The summed E-state index contributed by atoms with van der Waals surface area (Å²) in [4.78, 5) is 0.361. The maximum absolute atomic E-state index is 5.80. The largest absolute Gasteiger partial charge is 0.490 e. The van der Waals surface area contributed by atoms with Crippen LogP contribution in [-0.2, 0) is 5.41 Å². The van der Waals surface area contributed by atoms with Crippen LogP contribution in [-0.4, -0.2) is 18.2 Å². The Balaban J connectivity index is 1.54. The summed E-state index contributed by atoms with van der Waals surface area (Å²) >= 11 is 4.99. The standard InChI is InChI=1S/C24H25NO2S/c1-24(2,19-8-4-3-5-9-19)20-11-13-21(14-12-20)26-15-16-27-22-10-6-7-18(17-22)23(25)28/h3-14,17H,15-16H2,1-2H3,(H2,25,28). The van der Waals surface area contributed by atoms with Crippen molar-refractivity contribution in [3.05, 3.63) is 95.6 Å². The quantitative estimate of drug-likeness (QED) is 0.428. The predicted octanol–water partition coefficient (Wildman–Crippen LogP) is 5.10. The zero-order chi connectivity index (χ0) is 20.0. The van der Waals surface area contributed by atoms with Crippen molar-refractivity contribution in [1.82, 2.24) is 0 Å². The fraction of sp³-hybridized carbons (Fsp3) is 0.208. The Morgan fingerprint density at radius 3 is 2.04 bits per heavy atom. The summed E-state index contributed by atoms with van der Waals surface area (Å²) in [6, 6.07) is 26.2. The molecule has 4 heteroatoms. The number of ether oxygens (including phenoxy) is 2. The molecule has 3 aromatic carbocycles. The Morgan fingerprint density at radius 2 is 1.39 bits per heavy atom. The molecule has 3 nitrogen and oxygen atoms in total. The maximum Gasteiger partial charge on any atom is 0.122 e. The Labute approximate surface area is 172 Å². The predicted molar refractivity (Wildman–Crippen MR) is 118 cm³/mol. The fourth-order valence-corrected chi connectivity index (χ4v) is 3.17. The van der Waals surface area contributed by atoms with Gasteiger partial charge in [0.1, 0.15) is 29.7 Å². The molecule has 0 saturated carbocycles. The number of hydrogen-bond donors (Lipinski definition) is 1. The van der Waals surface area contributed by atoms with Crippen LogP contribution in [0.1, 0.15) is 30.5 Å². The molecule has 0 heterocycles. The van der Waals surface area contributed by atoms with Gasteiger partial charge < -0.3 is 15.2 Å². The van der Waals surface area contributed by atoms with Crippen molar-refractivity contribution in [3.8, 4) is 11.5 Å². The minimum absolute atomic E-state index is 0.0580. The summed E-state index contributed by atoms with van der Waals surface area (Å²) in [6.07, 6.45) is 0. The molecule has 0 amide bonds. The molecule has 0 spiro atoms. The molecule has 144 valence electrons.